The summed E-state index contributed by atoms with van der Waals surface area (Å²) in [5.74, 6) is 0. The van der Waals surface area contributed by atoms with Gasteiger partial charge in [-0.1, -0.05) is 48.6 Å². The molecule has 0 aromatic heterocycles. The van der Waals surface area contributed by atoms with Crippen LogP contribution in [-0.4, -0.2) is 14.7 Å². The second kappa shape index (κ2) is 6.07. The molecule has 0 bridgehead atoms. The van der Waals surface area contributed by atoms with Crippen molar-refractivity contribution in [2.45, 2.75) is 12.8 Å². The topological polar surface area (TPSA) is 60.7 Å². The van der Waals surface area contributed by atoms with E-state index in [1.807, 2.05) is 0 Å². The number of allylic oxidation sites excluding steroid dienone is 1. The standard InChI is InChI=1S/C14H12.H3O3P/c1-3-7-13-11(5-1)9-10-12-6-2-4-8-14(12)13;1-4(2)3/h1,3-5,7-10H,2,6H2;1-3H. The van der Waals surface area contributed by atoms with Crippen molar-refractivity contribution in [3.05, 3.63) is 53.6 Å². The van der Waals surface area contributed by atoms with Crippen LogP contribution in [-0.2, 0) is 6.42 Å². The van der Waals surface area contributed by atoms with Gasteiger partial charge in [-0.3, -0.25) is 0 Å². The van der Waals surface area contributed by atoms with Crippen molar-refractivity contribution < 1.29 is 14.7 Å². The van der Waals surface area contributed by atoms with Crippen LogP contribution in [0.4, 0.5) is 0 Å². The molecule has 1 aliphatic rings. The molecule has 0 heterocycles. The fraction of sp³-hybridized carbons (Fsp3) is 0.143. The van der Waals surface area contributed by atoms with Gasteiger partial charge in [0, 0.05) is 0 Å². The molecule has 0 atom stereocenters. The van der Waals surface area contributed by atoms with E-state index in [-0.39, 0.29) is 0 Å². The Balaban J connectivity index is 0.000000267. The average molecular weight is 262 g/mol. The minimum atomic E-state index is -2.62. The molecule has 2 aromatic rings. The first kappa shape index (κ1) is 13.2. The molecule has 0 aliphatic heterocycles. The zero-order valence-electron chi connectivity index (χ0n) is 9.82. The van der Waals surface area contributed by atoms with Crippen LogP contribution in [0.5, 0.6) is 0 Å². The van der Waals surface area contributed by atoms with E-state index in [1.165, 1.54) is 34.7 Å². The van der Waals surface area contributed by atoms with Crippen LogP contribution < -0.4 is 0 Å². The van der Waals surface area contributed by atoms with Gasteiger partial charge in [0.15, 0.2) is 0 Å². The van der Waals surface area contributed by atoms with Gasteiger partial charge in [-0.15, -0.1) is 0 Å². The third-order valence-electron chi connectivity index (χ3n) is 2.93. The minimum Gasteiger partial charge on any atom is -0.328 e. The first-order valence-electron chi connectivity index (χ1n) is 5.72. The highest BCUT2D eigenvalue weighted by molar-refractivity contribution is 7.38. The van der Waals surface area contributed by atoms with Crippen LogP contribution in [0.1, 0.15) is 17.5 Å². The number of rotatable bonds is 0. The van der Waals surface area contributed by atoms with E-state index in [4.69, 9.17) is 14.7 Å². The summed E-state index contributed by atoms with van der Waals surface area (Å²) in [7, 11) is -2.62. The summed E-state index contributed by atoms with van der Waals surface area (Å²) in [5, 5.41) is 2.73. The van der Waals surface area contributed by atoms with E-state index >= 15 is 0 Å². The number of benzene rings is 2. The van der Waals surface area contributed by atoms with Gasteiger partial charge < -0.3 is 14.7 Å². The molecule has 2 aromatic carbocycles. The van der Waals surface area contributed by atoms with Crippen molar-refractivity contribution in [1.82, 2.24) is 0 Å². The number of aryl methyl sites for hydroxylation is 1. The molecular formula is C14H15O3P. The normalized spacial score (nSPS) is 13.1. The van der Waals surface area contributed by atoms with Gasteiger partial charge in [0.2, 0.25) is 0 Å². The van der Waals surface area contributed by atoms with E-state index in [2.05, 4.69) is 48.6 Å². The molecule has 0 unspecified atom stereocenters. The summed E-state index contributed by atoms with van der Waals surface area (Å²) in [5.41, 5.74) is 2.92. The molecule has 1 aliphatic carbocycles. The van der Waals surface area contributed by atoms with E-state index in [0.29, 0.717) is 0 Å². The van der Waals surface area contributed by atoms with Crippen molar-refractivity contribution in [2.24, 2.45) is 0 Å². The molecular weight excluding hydrogens is 247 g/mol. The largest absolute Gasteiger partial charge is 0.328 e. The smallest absolute Gasteiger partial charge is 0.324 e. The third-order valence-corrected chi connectivity index (χ3v) is 2.93. The molecule has 3 N–H and O–H groups in total. The lowest BCUT2D eigenvalue weighted by Gasteiger charge is -2.12. The minimum absolute atomic E-state index is 1.19. The maximum Gasteiger partial charge on any atom is 0.324 e. The third kappa shape index (κ3) is 3.15. The van der Waals surface area contributed by atoms with Crippen LogP contribution in [0.2, 0.25) is 0 Å². The van der Waals surface area contributed by atoms with Crippen molar-refractivity contribution in [3.63, 3.8) is 0 Å². The Labute approximate surface area is 107 Å². The summed E-state index contributed by atoms with van der Waals surface area (Å²) in [6.07, 6.45) is 6.91. The Kier molecular flexibility index (Phi) is 4.45. The number of hydrogen-bond donors (Lipinski definition) is 3. The highest BCUT2D eigenvalue weighted by Gasteiger charge is 2.06. The van der Waals surface area contributed by atoms with E-state index in [1.54, 1.807) is 0 Å². The summed E-state index contributed by atoms with van der Waals surface area (Å²) in [6, 6.07) is 13.1. The summed E-state index contributed by atoms with van der Waals surface area (Å²) in [4.78, 5) is 21.7. The van der Waals surface area contributed by atoms with E-state index in [9.17, 15) is 0 Å². The lowest BCUT2D eigenvalue weighted by atomic mass is 9.92. The second-order valence-electron chi connectivity index (χ2n) is 4.07. The maximum absolute atomic E-state index is 7.23. The Morgan fingerprint density at radius 1 is 0.944 bits per heavy atom. The molecule has 0 radical (unpaired) electrons. The van der Waals surface area contributed by atoms with Gasteiger partial charge in [0.05, 0.1) is 0 Å². The predicted molar refractivity (Wildman–Crippen MR) is 74.9 cm³/mol. The van der Waals surface area contributed by atoms with Crippen LogP contribution in [0.15, 0.2) is 42.5 Å². The summed E-state index contributed by atoms with van der Waals surface area (Å²) < 4.78 is 0. The summed E-state index contributed by atoms with van der Waals surface area (Å²) in [6.45, 7) is 0. The number of hydrogen-bond acceptors (Lipinski definition) is 3. The van der Waals surface area contributed by atoms with Gasteiger partial charge in [0.25, 0.3) is 0 Å². The Hall–Kier alpha value is -1.25. The molecule has 3 nitrogen and oxygen atoms in total. The molecule has 18 heavy (non-hydrogen) atoms. The molecule has 0 saturated heterocycles. The van der Waals surface area contributed by atoms with Gasteiger partial charge in [-0.2, -0.15) is 0 Å². The van der Waals surface area contributed by atoms with Crippen molar-refractivity contribution in [3.8, 4) is 0 Å². The first-order chi connectivity index (χ1) is 8.68. The van der Waals surface area contributed by atoms with Crippen LogP contribution in [0.25, 0.3) is 16.8 Å². The molecule has 0 spiro atoms. The predicted octanol–water partition coefficient (Wildman–Crippen LogP) is 2.99. The van der Waals surface area contributed by atoms with Crippen molar-refractivity contribution >= 4 is 25.5 Å². The van der Waals surface area contributed by atoms with Gasteiger partial charge >= 0.3 is 8.60 Å². The van der Waals surface area contributed by atoms with Crippen LogP contribution in [0.3, 0.4) is 0 Å². The van der Waals surface area contributed by atoms with Gasteiger partial charge in [-0.05, 0) is 34.7 Å². The van der Waals surface area contributed by atoms with Crippen LogP contribution in [0, 0.1) is 0 Å². The lowest BCUT2D eigenvalue weighted by molar-refractivity contribution is 0.368. The Bertz CT molecular complexity index is 561. The monoisotopic (exact) mass is 262 g/mol. The zero-order chi connectivity index (χ0) is 13.0. The fourth-order valence-corrected chi connectivity index (χ4v) is 2.20. The Morgan fingerprint density at radius 2 is 1.67 bits per heavy atom. The van der Waals surface area contributed by atoms with Gasteiger partial charge in [0.1, 0.15) is 0 Å². The molecule has 0 fully saturated rings. The van der Waals surface area contributed by atoms with E-state index in [0.717, 1.165) is 0 Å². The molecule has 0 saturated carbocycles. The summed E-state index contributed by atoms with van der Waals surface area (Å²) >= 11 is 0. The van der Waals surface area contributed by atoms with Gasteiger partial charge in [-0.25, -0.2) is 0 Å². The molecule has 0 amide bonds. The highest BCUT2D eigenvalue weighted by atomic mass is 31.2. The van der Waals surface area contributed by atoms with E-state index < -0.39 is 8.60 Å². The van der Waals surface area contributed by atoms with Crippen LogP contribution >= 0.6 is 8.60 Å². The first-order valence-corrected chi connectivity index (χ1v) is 6.92. The zero-order valence-corrected chi connectivity index (χ0v) is 10.7. The molecule has 4 heteroatoms. The number of fused-ring (bicyclic) bond motifs is 3. The maximum atomic E-state index is 7.23. The highest BCUT2D eigenvalue weighted by Crippen LogP contribution is 2.27. The van der Waals surface area contributed by atoms with Crippen molar-refractivity contribution in [2.75, 3.05) is 0 Å². The SMILES string of the molecule is C1=Cc2c(ccc3ccccc23)CC1.OP(O)O. The lowest BCUT2D eigenvalue weighted by Crippen LogP contribution is -1.94. The van der Waals surface area contributed by atoms with Crippen molar-refractivity contribution in [1.29, 1.82) is 0 Å². The Morgan fingerprint density at radius 3 is 2.44 bits per heavy atom. The molecule has 3 rings (SSSR count). The second-order valence-corrected chi connectivity index (χ2v) is 4.61. The average Bonchev–Trinajstić information content (AvgIpc) is 2.38. The quantitative estimate of drug-likeness (QED) is 0.640. The molecule has 94 valence electrons. The fourth-order valence-electron chi connectivity index (χ4n) is 2.20.